The van der Waals surface area contributed by atoms with Gasteiger partial charge in [-0.2, -0.15) is 0 Å². The van der Waals surface area contributed by atoms with Crippen LogP contribution in [0.3, 0.4) is 0 Å². The second kappa shape index (κ2) is 8.11. The lowest BCUT2D eigenvalue weighted by Gasteiger charge is -2.14. The number of hydrogen-bond acceptors (Lipinski definition) is 3. The monoisotopic (exact) mass is 381 g/mol. The molecule has 0 aliphatic heterocycles. The summed E-state index contributed by atoms with van der Waals surface area (Å²) in [5.74, 6) is 1.15. The molecule has 0 amide bonds. The molecule has 1 N–H and O–H groups in total. The molecule has 2 rings (SSSR count). The molecule has 0 radical (unpaired) electrons. The van der Waals surface area contributed by atoms with E-state index in [4.69, 9.17) is 21.1 Å². The molecule has 0 spiro atoms. The smallest absolute Gasteiger partial charge is 0.180 e. The summed E-state index contributed by atoms with van der Waals surface area (Å²) in [7, 11) is 1.60. The van der Waals surface area contributed by atoms with Crippen molar-refractivity contribution in [2.75, 3.05) is 19.0 Å². The number of benzene rings is 2. The van der Waals surface area contributed by atoms with Crippen molar-refractivity contribution in [3.8, 4) is 11.5 Å². The lowest BCUT2D eigenvalue weighted by molar-refractivity contribution is 0.326. The zero-order chi connectivity index (χ0) is 15.9. The molecule has 0 aromatic heterocycles. The van der Waals surface area contributed by atoms with Gasteiger partial charge in [0.25, 0.3) is 0 Å². The highest BCUT2D eigenvalue weighted by Gasteiger charge is 2.11. The summed E-state index contributed by atoms with van der Waals surface area (Å²) in [6, 6.07) is 11.8. The van der Waals surface area contributed by atoms with Crippen LogP contribution in [0.2, 0.25) is 5.02 Å². The highest BCUT2D eigenvalue weighted by Crippen LogP contribution is 2.36. The summed E-state index contributed by atoms with van der Waals surface area (Å²) in [6.45, 7) is 4.65. The minimum atomic E-state index is 0.382. The zero-order valence-electron chi connectivity index (χ0n) is 12.2. The van der Waals surface area contributed by atoms with Gasteiger partial charge in [-0.3, -0.25) is 0 Å². The van der Waals surface area contributed by atoms with E-state index in [0.717, 1.165) is 15.7 Å². The Morgan fingerprint density at radius 1 is 1.27 bits per heavy atom. The molecule has 0 aliphatic carbocycles. The van der Waals surface area contributed by atoms with E-state index in [1.54, 1.807) is 13.2 Å². The van der Waals surface area contributed by atoms with E-state index < -0.39 is 0 Å². The highest BCUT2D eigenvalue weighted by molar-refractivity contribution is 9.10. The van der Waals surface area contributed by atoms with Gasteiger partial charge in [0.05, 0.1) is 12.1 Å². The van der Waals surface area contributed by atoms with Gasteiger partial charge in [0, 0.05) is 16.7 Å². The van der Waals surface area contributed by atoms with Crippen LogP contribution in [0, 0.1) is 0 Å². The average molecular weight is 383 g/mol. The number of anilines is 1. The number of methoxy groups -OCH3 is 1. The molecular weight excluding hydrogens is 366 g/mol. The van der Waals surface area contributed by atoms with Gasteiger partial charge in [-0.25, -0.2) is 0 Å². The molecule has 116 valence electrons. The van der Waals surface area contributed by atoms with Crippen molar-refractivity contribution in [3.05, 3.63) is 64.1 Å². The summed E-state index contributed by atoms with van der Waals surface area (Å²) < 4.78 is 11.9. The predicted molar refractivity (Wildman–Crippen MR) is 95.2 cm³/mol. The molecule has 0 heterocycles. The van der Waals surface area contributed by atoms with Crippen LogP contribution in [-0.4, -0.2) is 13.7 Å². The molecule has 3 nitrogen and oxygen atoms in total. The molecule has 5 heteroatoms. The minimum absolute atomic E-state index is 0.382. The zero-order valence-corrected chi connectivity index (χ0v) is 14.6. The molecule has 22 heavy (non-hydrogen) atoms. The van der Waals surface area contributed by atoms with Crippen molar-refractivity contribution in [1.82, 2.24) is 0 Å². The van der Waals surface area contributed by atoms with Crippen molar-refractivity contribution in [2.45, 2.75) is 6.54 Å². The molecular formula is C17H17BrClNO2. The third-order valence-electron chi connectivity index (χ3n) is 2.98. The molecule has 0 aliphatic rings. The molecule has 2 aromatic carbocycles. The fourth-order valence-electron chi connectivity index (χ4n) is 1.93. The first-order valence-electron chi connectivity index (χ1n) is 6.73. The van der Waals surface area contributed by atoms with Crippen LogP contribution in [0.25, 0.3) is 0 Å². The maximum atomic E-state index is 6.28. The van der Waals surface area contributed by atoms with Crippen LogP contribution < -0.4 is 14.8 Å². The lowest BCUT2D eigenvalue weighted by atomic mass is 10.2. The largest absolute Gasteiger partial charge is 0.493 e. The Kier molecular flexibility index (Phi) is 6.16. The van der Waals surface area contributed by atoms with Gasteiger partial charge in [-0.15, -0.1) is 0 Å². The van der Waals surface area contributed by atoms with E-state index in [1.165, 1.54) is 0 Å². The van der Waals surface area contributed by atoms with Crippen LogP contribution >= 0.6 is 27.5 Å². The van der Waals surface area contributed by atoms with Crippen molar-refractivity contribution in [3.63, 3.8) is 0 Å². The predicted octanol–water partition coefficient (Wildman–Crippen LogP) is 5.29. The van der Waals surface area contributed by atoms with Crippen molar-refractivity contribution >= 4 is 33.2 Å². The SMILES string of the molecule is C=CCOc1c(Cl)cc(CNc2ccc(Br)cc2)cc1OC. The van der Waals surface area contributed by atoms with Gasteiger partial charge in [-0.1, -0.05) is 40.2 Å². The van der Waals surface area contributed by atoms with E-state index in [1.807, 2.05) is 36.4 Å². The summed E-state index contributed by atoms with van der Waals surface area (Å²) >= 11 is 9.69. The third kappa shape index (κ3) is 4.42. The maximum Gasteiger partial charge on any atom is 0.180 e. The molecule has 0 saturated heterocycles. The Balaban J connectivity index is 2.12. The van der Waals surface area contributed by atoms with Gasteiger partial charge < -0.3 is 14.8 Å². The summed E-state index contributed by atoms with van der Waals surface area (Å²) in [4.78, 5) is 0. The van der Waals surface area contributed by atoms with Crippen molar-refractivity contribution in [2.24, 2.45) is 0 Å². The highest BCUT2D eigenvalue weighted by atomic mass is 79.9. The average Bonchev–Trinajstić information content (AvgIpc) is 2.53. The van der Waals surface area contributed by atoms with Gasteiger partial charge in [-0.05, 0) is 42.0 Å². The summed E-state index contributed by atoms with van der Waals surface area (Å²) in [5.41, 5.74) is 2.04. The number of halogens is 2. The molecule has 0 unspecified atom stereocenters. The standard InChI is InChI=1S/C17H17BrClNO2/c1-3-8-22-17-15(19)9-12(10-16(17)21-2)11-20-14-6-4-13(18)5-7-14/h3-7,9-10,20H,1,8,11H2,2H3. The second-order valence-corrected chi connectivity index (χ2v) is 5.89. The maximum absolute atomic E-state index is 6.28. The summed E-state index contributed by atoms with van der Waals surface area (Å²) in [5, 5.41) is 3.86. The fourth-order valence-corrected chi connectivity index (χ4v) is 2.48. The molecule has 0 bridgehead atoms. The normalized spacial score (nSPS) is 10.1. The molecule has 0 saturated carbocycles. The van der Waals surface area contributed by atoms with Crippen LogP contribution in [0.15, 0.2) is 53.5 Å². The van der Waals surface area contributed by atoms with Crippen LogP contribution in [0.4, 0.5) is 5.69 Å². The number of hydrogen-bond donors (Lipinski definition) is 1. The third-order valence-corrected chi connectivity index (χ3v) is 3.79. The first-order valence-corrected chi connectivity index (χ1v) is 7.90. The van der Waals surface area contributed by atoms with Gasteiger partial charge in [0.2, 0.25) is 0 Å². The Labute approximate surface area is 144 Å². The minimum Gasteiger partial charge on any atom is -0.493 e. The van der Waals surface area contributed by atoms with E-state index >= 15 is 0 Å². The van der Waals surface area contributed by atoms with E-state index in [9.17, 15) is 0 Å². The lowest BCUT2D eigenvalue weighted by Crippen LogP contribution is -2.02. The van der Waals surface area contributed by atoms with Gasteiger partial charge >= 0.3 is 0 Å². The Morgan fingerprint density at radius 3 is 2.64 bits per heavy atom. The van der Waals surface area contributed by atoms with Crippen molar-refractivity contribution in [1.29, 1.82) is 0 Å². The number of ether oxygens (including phenoxy) is 2. The van der Waals surface area contributed by atoms with Gasteiger partial charge in [0.15, 0.2) is 11.5 Å². The Hall–Kier alpha value is -1.65. The molecule has 0 fully saturated rings. The fraction of sp³-hybridized carbons (Fsp3) is 0.176. The van der Waals surface area contributed by atoms with Crippen molar-refractivity contribution < 1.29 is 9.47 Å². The van der Waals surface area contributed by atoms with E-state index in [2.05, 4.69) is 27.8 Å². The Bertz CT molecular complexity index is 644. The molecule has 2 aromatic rings. The van der Waals surface area contributed by atoms with Crippen LogP contribution in [-0.2, 0) is 6.54 Å². The number of rotatable bonds is 7. The van der Waals surface area contributed by atoms with E-state index in [-0.39, 0.29) is 0 Å². The quantitative estimate of drug-likeness (QED) is 0.660. The molecule has 0 atom stereocenters. The summed E-state index contributed by atoms with van der Waals surface area (Å²) in [6.07, 6.45) is 1.67. The van der Waals surface area contributed by atoms with Gasteiger partial charge in [0.1, 0.15) is 6.61 Å². The number of nitrogens with one attached hydrogen (secondary N) is 1. The Morgan fingerprint density at radius 2 is 2.00 bits per heavy atom. The second-order valence-electron chi connectivity index (χ2n) is 4.57. The van der Waals surface area contributed by atoms with Crippen LogP contribution in [0.1, 0.15) is 5.56 Å². The topological polar surface area (TPSA) is 30.5 Å². The first-order chi connectivity index (χ1) is 10.6. The first kappa shape index (κ1) is 16.7. The van der Waals surface area contributed by atoms with E-state index in [0.29, 0.717) is 29.7 Å². The van der Waals surface area contributed by atoms with Crippen LogP contribution in [0.5, 0.6) is 11.5 Å².